The van der Waals surface area contributed by atoms with Gasteiger partial charge in [0.2, 0.25) is 0 Å². The Labute approximate surface area is 98.3 Å². The molecule has 0 atom stereocenters. The molecule has 2 nitrogen and oxygen atoms in total. The first-order valence-electron chi connectivity index (χ1n) is 5.29. The monoisotopic (exact) mass is 234 g/mol. The molecule has 0 aliphatic heterocycles. The molecule has 0 aliphatic carbocycles. The number of hydrogen-bond donors (Lipinski definition) is 1. The van der Waals surface area contributed by atoms with Crippen LogP contribution in [0.3, 0.4) is 0 Å². The van der Waals surface area contributed by atoms with Crippen molar-refractivity contribution in [1.82, 2.24) is 10.3 Å². The summed E-state index contributed by atoms with van der Waals surface area (Å²) in [6.45, 7) is 0.893. The van der Waals surface area contributed by atoms with E-state index in [0.29, 0.717) is 18.7 Å². The van der Waals surface area contributed by atoms with E-state index in [2.05, 4.69) is 10.3 Å². The average molecular weight is 234 g/mol. The van der Waals surface area contributed by atoms with E-state index in [-0.39, 0.29) is 0 Å². The highest BCUT2D eigenvalue weighted by molar-refractivity contribution is 5.18. The van der Waals surface area contributed by atoms with Gasteiger partial charge in [0.1, 0.15) is 11.6 Å². The lowest BCUT2D eigenvalue weighted by Gasteiger charge is -2.06. The van der Waals surface area contributed by atoms with Gasteiger partial charge in [0, 0.05) is 31.0 Å². The quantitative estimate of drug-likeness (QED) is 0.879. The molecule has 4 heteroatoms. The predicted octanol–water partition coefficient (Wildman–Crippen LogP) is 2.65. The van der Waals surface area contributed by atoms with Crippen LogP contribution in [0.1, 0.15) is 11.1 Å². The van der Waals surface area contributed by atoms with Crippen LogP contribution in [0.15, 0.2) is 42.7 Å². The van der Waals surface area contributed by atoms with Gasteiger partial charge < -0.3 is 5.32 Å². The van der Waals surface area contributed by atoms with Crippen molar-refractivity contribution >= 4 is 0 Å². The maximum atomic E-state index is 13.3. The van der Waals surface area contributed by atoms with Gasteiger partial charge in [-0.3, -0.25) is 4.98 Å². The molecule has 2 aromatic rings. The molecular formula is C13H12F2N2. The van der Waals surface area contributed by atoms with E-state index in [1.54, 1.807) is 12.4 Å². The average Bonchev–Trinajstić information content (AvgIpc) is 2.35. The molecule has 0 unspecified atom stereocenters. The molecule has 1 aromatic heterocycles. The molecule has 0 aliphatic rings. The van der Waals surface area contributed by atoms with E-state index in [1.807, 2.05) is 12.1 Å². The van der Waals surface area contributed by atoms with Crippen molar-refractivity contribution in [3.63, 3.8) is 0 Å². The normalized spacial score (nSPS) is 10.5. The van der Waals surface area contributed by atoms with Crippen molar-refractivity contribution in [2.45, 2.75) is 13.1 Å². The van der Waals surface area contributed by atoms with Crippen molar-refractivity contribution in [2.24, 2.45) is 0 Å². The van der Waals surface area contributed by atoms with Gasteiger partial charge in [-0.15, -0.1) is 0 Å². The molecule has 1 aromatic carbocycles. The third-order valence-electron chi connectivity index (χ3n) is 2.40. The Kier molecular flexibility index (Phi) is 3.77. The number of benzene rings is 1. The number of halogens is 2. The Bertz CT molecular complexity index is 486. The Morgan fingerprint density at radius 3 is 2.53 bits per heavy atom. The summed E-state index contributed by atoms with van der Waals surface area (Å²) < 4.78 is 26.2. The van der Waals surface area contributed by atoms with E-state index in [0.717, 1.165) is 17.7 Å². The van der Waals surface area contributed by atoms with Crippen LogP contribution in [0.5, 0.6) is 0 Å². The van der Waals surface area contributed by atoms with Crippen LogP contribution in [0, 0.1) is 11.6 Å². The van der Waals surface area contributed by atoms with Gasteiger partial charge in [0.15, 0.2) is 0 Å². The van der Waals surface area contributed by atoms with Gasteiger partial charge in [0.25, 0.3) is 0 Å². The summed E-state index contributed by atoms with van der Waals surface area (Å²) in [6.07, 6.45) is 3.39. The number of aromatic nitrogens is 1. The first-order chi connectivity index (χ1) is 8.25. The molecule has 0 saturated carbocycles. The van der Waals surface area contributed by atoms with Crippen LogP contribution in [0.4, 0.5) is 8.78 Å². The van der Waals surface area contributed by atoms with Crippen LogP contribution < -0.4 is 5.32 Å². The molecule has 1 heterocycles. The molecular weight excluding hydrogens is 222 g/mol. The predicted molar refractivity (Wildman–Crippen MR) is 61.1 cm³/mol. The van der Waals surface area contributed by atoms with Gasteiger partial charge in [-0.25, -0.2) is 8.78 Å². The Hall–Kier alpha value is -1.81. The Morgan fingerprint density at radius 1 is 1.00 bits per heavy atom. The van der Waals surface area contributed by atoms with Crippen molar-refractivity contribution in [1.29, 1.82) is 0 Å². The molecule has 2 rings (SSSR count). The van der Waals surface area contributed by atoms with E-state index in [9.17, 15) is 8.78 Å². The molecule has 88 valence electrons. The molecule has 1 N–H and O–H groups in total. The second-order valence-electron chi connectivity index (χ2n) is 3.69. The minimum absolute atomic E-state index is 0.298. The fourth-order valence-electron chi connectivity index (χ4n) is 1.52. The summed E-state index contributed by atoms with van der Waals surface area (Å²) >= 11 is 0. The topological polar surface area (TPSA) is 24.9 Å². The van der Waals surface area contributed by atoms with Crippen LogP contribution >= 0.6 is 0 Å². The summed E-state index contributed by atoms with van der Waals surface area (Å²) in [5, 5.41) is 3.05. The third-order valence-corrected chi connectivity index (χ3v) is 2.40. The zero-order chi connectivity index (χ0) is 12.1. The lowest BCUT2D eigenvalue weighted by atomic mass is 10.2. The molecule has 0 amide bonds. The zero-order valence-electron chi connectivity index (χ0n) is 9.16. The van der Waals surface area contributed by atoms with Gasteiger partial charge in [-0.05, 0) is 35.9 Å². The molecule has 0 fully saturated rings. The van der Waals surface area contributed by atoms with Gasteiger partial charge in [0.05, 0.1) is 0 Å². The molecule has 0 saturated heterocycles. The number of nitrogens with one attached hydrogen (secondary N) is 1. The minimum Gasteiger partial charge on any atom is -0.309 e. The second kappa shape index (κ2) is 5.50. The fraction of sp³-hybridized carbons (Fsp3) is 0.154. The number of pyridine rings is 1. The smallest absolute Gasteiger partial charge is 0.127 e. The Morgan fingerprint density at radius 2 is 1.76 bits per heavy atom. The van der Waals surface area contributed by atoms with E-state index in [4.69, 9.17) is 0 Å². The maximum absolute atomic E-state index is 13.3. The van der Waals surface area contributed by atoms with Gasteiger partial charge >= 0.3 is 0 Å². The van der Waals surface area contributed by atoms with Crippen LogP contribution in [-0.4, -0.2) is 4.98 Å². The summed E-state index contributed by atoms with van der Waals surface area (Å²) in [5.41, 5.74) is 1.39. The van der Waals surface area contributed by atoms with Crippen molar-refractivity contribution in [2.75, 3.05) is 0 Å². The third kappa shape index (κ3) is 3.32. The molecule has 0 radical (unpaired) electrons. The van der Waals surface area contributed by atoms with Crippen LogP contribution in [0.2, 0.25) is 0 Å². The highest BCUT2D eigenvalue weighted by atomic mass is 19.1. The van der Waals surface area contributed by atoms with Crippen molar-refractivity contribution < 1.29 is 8.78 Å². The lowest BCUT2D eigenvalue weighted by molar-refractivity contribution is 0.568. The second-order valence-corrected chi connectivity index (χ2v) is 3.69. The molecule has 0 spiro atoms. The minimum atomic E-state index is -0.424. The van der Waals surface area contributed by atoms with Crippen LogP contribution in [-0.2, 0) is 13.1 Å². The van der Waals surface area contributed by atoms with Crippen molar-refractivity contribution in [3.05, 3.63) is 65.5 Å². The number of rotatable bonds is 4. The Balaban J connectivity index is 1.92. The summed E-state index contributed by atoms with van der Waals surface area (Å²) in [7, 11) is 0. The van der Waals surface area contributed by atoms with E-state index in [1.165, 1.54) is 6.07 Å². The SMILES string of the molecule is Fc1ccc(F)c(CNCc2ccncc2)c1. The van der Waals surface area contributed by atoms with E-state index >= 15 is 0 Å². The standard InChI is InChI=1S/C13H12F2N2/c14-12-1-2-13(15)11(7-12)9-17-8-10-3-5-16-6-4-10/h1-7,17H,8-9H2. The van der Waals surface area contributed by atoms with E-state index < -0.39 is 11.6 Å². The number of hydrogen-bond acceptors (Lipinski definition) is 2. The zero-order valence-corrected chi connectivity index (χ0v) is 9.16. The van der Waals surface area contributed by atoms with Gasteiger partial charge in [-0.1, -0.05) is 0 Å². The maximum Gasteiger partial charge on any atom is 0.127 e. The molecule has 17 heavy (non-hydrogen) atoms. The highest BCUT2D eigenvalue weighted by Crippen LogP contribution is 2.09. The molecule has 0 bridgehead atoms. The summed E-state index contributed by atoms with van der Waals surface area (Å²) in [6, 6.07) is 7.19. The largest absolute Gasteiger partial charge is 0.309 e. The highest BCUT2D eigenvalue weighted by Gasteiger charge is 2.03. The summed E-state index contributed by atoms with van der Waals surface area (Å²) in [5.74, 6) is -0.819. The fourth-order valence-corrected chi connectivity index (χ4v) is 1.52. The lowest BCUT2D eigenvalue weighted by Crippen LogP contribution is -2.13. The summed E-state index contributed by atoms with van der Waals surface area (Å²) in [4.78, 5) is 3.90. The number of nitrogens with zero attached hydrogens (tertiary/aromatic N) is 1. The van der Waals surface area contributed by atoms with Crippen LogP contribution in [0.25, 0.3) is 0 Å². The first-order valence-corrected chi connectivity index (χ1v) is 5.29. The van der Waals surface area contributed by atoms with Gasteiger partial charge in [-0.2, -0.15) is 0 Å². The van der Waals surface area contributed by atoms with Crippen molar-refractivity contribution in [3.8, 4) is 0 Å². The first kappa shape index (κ1) is 11.7.